The molecule has 0 spiro atoms. The maximum absolute atomic E-state index is 11.8. The maximum atomic E-state index is 11.8. The lowest BCUT2D eigenvalue weighted by atomic mass is 10.3. The molecule has 2 aromatic heterocycles. The van der Waals surface area contributed by atoms with Crippen LogP contribution in [0.4, 0.5) is 11.5 Å². The zero-order valence-electron chi connectivity index (χ0n) is 10.4. The van der Waals surface area contributed by atoms with Crippen LogP contribution in [-0.4, -0.2) is 25.0 Å². The number of carbonyl (C=O) groups is 1. The molecule has 4 nitrogen and oxygen atoms in total. The Kier molecular flexibility index (Phi) is 3.94. The van der Waals surface area contributed by atoms with Crippen molar-refractivity contribution in [3.63, 3.8) is 0 Å². The van der Waals surface area contributed by atoms with E-state index in [1.54, 1.807) is 17.5 Å². The molecule has 2 heterocycles. The van der Waals surface area contributed by atoms with Crippen molar-refractivity contribution in [2.24, 2.45) is 0 Å². The van der Waals surface area contributed by atoms with Gasteiger partial charge >= 0.3 is 0 Å². The van der Waals surface area contributed by atoms with Crippen molar-refractivity contribution in [2.45, 2.75) is 6.42 Å². The van der Waals surface area contributed by atoms with Crippen molar-refractivity contribution < 1.29 is 4.79 Å². The van der Waals surface area contributed by atoms with Gasteiger partial charge in [-0.15, -0.1) is 11.3 Å². The van der Waals surface area contributed by atoms with E-state index in [0.29, 0.717) is 6.42 Å². The van der Waals surface area contributed by atoms with E-state index in [4.69, 9.17) is 0 Å². The number of rotatable bonds is 4. The molecule has 5 heteroatoms. The quantitative estimate of drug-likeness (QED) is 0.919. The predicted molar refractivity (Wildman–Crippen MR) is 75.2 cm³/mol. The molecule has 0 radical (unpaired) electrons. The molecule has 0 aliphatic rings. The van der Waals surface area contributed by atoms with Crippen LogP contribution in [0, 0.1) is 0 Å². The number of amides is 1. The van der Waals surface area contributed by atoms with E-state index in [9.17, 15) is 4.79 Å². The van der Waals surface area contributed by atoms with Crippen LogP contribution in [0.5, 0.6) is 0 Å². The molecule has 0 aliphatic heterocycles. The van der Waals surface area contributed by atoms with Crippen LogP contribution in [0.2, 0.25) is 0 Å². The minimum atomic E-state index is -0.0168. The Morgan fingerprint density at radius 1 is 1.39 bits per heavy atom. The first kappa shape index (κ1) is 12.6. The topological polar surface area (TPSA) is 45.2 Å². The molecule has 0 saturated heterocycles. The van der Waals surface area contributed by atoms with Crippen molar-refractivity contribution in [1.29, 1.82) is 0 Å². The Morgan fingerprint density at radius 2 is 2.22 bits per heavy atom. The fourth-order valence-electron chi connectivity index (χ4n) is 1.50. The smallest absolute Gasteiger partial charge is 0.229 e. The van der Waals surface area contributed by atoms with Crippen LogP contribution in [0.1, 0.15) is 4.88 Å². The van der Waals surface area contributed by atoms with Gasteiger partial charge in [0, 0.05) is 19.0 Å². The third kappa shape index (κ3) is 3.30. The van der Waals surface area contributed by atoms with Crippen LogP contribution >= 0.6 is 11.3 Å². The van der Waals surface area contributed by atoms with E-state index in [1.165, 1.54) is 0 Å². The molecular weight excluding hydrogens is 246 g/mol. The number of carbonyl (C=O) groups excluding carboxylic acids is 1. The van der Waals surface area contributed by atoms with Gasteiger partial charge in [0.15, 0.2) is 0 Å². The summed E-state index contributed by atoms with van der Waals surface area (Å²) in [6, 6.07) is 7.63. The first-order valence-corrected chi connectivity index (χ1v) is 6.49. The molecule has 0 aromatic carbocycles. The Morgan fingerprint density at radius 3 is 2.78 bits per heavy atom. The molecule has 0 fully saturated rings. The number of aromatic nitrogens is 1. The van der Waals surface area contributed by atoms with Gasteiger partial charge in [-0.25, -0.2) is 4.98 Å². The van der Waals surface area contributed by atoms with E-state index in [-0.39, 0.29) is 5.91 Å². The summed E-state index contributed by atoms with van der Waals surface area (Å²) >= 11 is 1.59. The summed E-state index contributed by atoms with van der Waals surface area (Å²) in [6.07, 6.45) is 2.08. The second kappa shape index (κ2) is 5.64. The number of nitrogens with one attached hydrogen (secondary N) is 1. The molecule has 18 heavy (non-hydrogen) atoms. The molecule has 0 bridgehead atoms. The molecule has 2 rings (SSSR count). The lowest BCUT2D eigenvalue weighted by molar-refractivity contribution is -0.115. The normalized spacial score (nSPS) is 10.1. The molecule has 0 aliphatic carbocycles. The van der Waals surface area contributed by atoms with E-state index in [1.807, 2.05) is 48.6 Å². The summed E-state index contributed by atoms with van der Waals surface area (Å²) in [7, 11) is 3.86. The Labute approximate surface area is 110 Å². The molecule has 2 aromatic rings. The number of thiophene rings is 1. The molecule has 1 amide bonds. The minimum absolute atomic E-state index is 0.0168. The van der Waals surface area contributed by atoms with Crippen molar-refractivity contribution in [2.75, 3.05) is 24.3 Å². The monoisotopic (exact) mass is 261 g/mol. The van der Waals surface area contributed by atoms with E-state index in [0.717, 1.165) is 16.4 Å². The van der Waals surface area contributed by atoms with Crippen molar-refractivity contribution in [3.05, 3.63) is 40.7 Å². The van der Waals surface area contributed by atoms with Crippen LogP contribution in [-0.2, 0) is 11.2 Å². The van der Waals surface area contributed by atoms with Gasteiger partial charge in [0.25, 0.3) is 0 Å². The van der Waals surface area contributed by atoms with E-state index < -0.39 is 0 Å². The Balaban J connectivity index is 1.95. The standard InChI is InChI=1S/C13H15N3OS/c1-16(2)12-6-5-10(9-14-12)15-13(17)8-11-4-3-7-18-11/h3-7,9H,8H2,1-2H3,(H,15,17). The van der Waals surface area contributed by atoms with Gasteiger partial charge in [-0.3, -0.25) is 4.79 Å². The largest absolute Gasteiger partial charge is 0.363 e. The molecule has 0 unspecified atom stereocenters. The highest BCUT2D eigenvalue weighted by Gasteiger charge is 2.05. The van der Waals surface area contributed by atoms with Gasteiger partial charge in [0.1, 0.15) is 5.82 Å². The van der Waals surface area contributed by atoms with Gasteiger partial charge in [0.05, 0.1) is 18.3 Å². The van der Waals surface area contributed by atoms with E-state index >= 15 is 0 Å². The third-order valence-electron chi connectivity index (χ3n) is 2.40. The number of pyridine rings is 1. The first-order valence-electron chi connectivity index (χ1n) is 5.61. The first-order chi connectivity index (χ1) is 8.65. The average Bonchev–Trinajstić information content (AvgIpc) is 2.82. The lowest BCUT2D eigenvalue weighted by Crippen LogP contribution is -2.15. The predicted octanol–water partition coefficient (Wildman–Crippen LogP) is 2.39. The Hall–Kier alpha value is -1.88. The molecule has 94 valence electrons. The van der Waals surface area contributed by atoms with Gasteiger partial charge in [-0.05, 0) is 23.6 Å². The van der Waals surface area contributed by atoms with Crippen LogP contribution in [0.15, 0.2) is 35.8 Å². The summed E-state index contributed by atoms with van der Waals surface area (Å²) in [5.41, 5.74) is 0.724. The zero-order valence-corrected chi connectivity index (χ0v) is 11.2. The molecule has 1 N–H and O–H groups in total. The summed E-state index contributed by atoms with van der Waals surface area (Å²) < 4.78 is 0. The Bertz CT molecular complexity index is 506. The second-order valence-corrected chi connectivity index (χ2v) is 5.14. The van der Waals surface area contributed by atoms with Crippen molar-refractivity contribution >= 4 is 28.7 Å². The zero-order chi connectivity index (χ0) is 13.0. The second-order valence-electron chi connectivity index (χ2n) is 4.10. The number of anilines is 2. The minimum Gasteiger partial charge on any atom is -0.363 e. The average molecular weight is 261 g/mol. The van der Waals surface area contributed by atoms with Crippen LogP contribution in [0.25, 0.3) is 0 Å². The molecule has 0 atom stereocenters. The van der Waals surface area contributed by atoms with Gasteiger partial charge in [-0.2, -0.15) is 0 Å². The fraction of sp³-hybridized carbons (Fsp3) is 0.231. The number of hydrogen-bond donors (Lipinski definition) is 1. The lowest BCUT2D eigenvalue weighted by Gasteiger charge is -2.11. The van der Waals surface area contributed by atoms with Gasteiger partial charge in [0.2, 0.25) is 5.91 Å². The van der Waals surface area contributed by atoms with Gasteiger partial charge < -0.3 is 10.2 Å². The summed E-state index contributed by atoms with van der Waals surface area (Å²) in [5, 5.41) is 4.80. The fourth-order valence-corrected chi connectivity index (χ4v) is 2.20. The van der Waals surface area contributed by atoms with E-state index in [2.05, 4.69) is 10.3 Å². The third-order valence-corrected chi connectivity index (χ3v) is 3.28. The molecular formula is C13H15N3OS. The maximum Gasteiger partial charge on any atom is 0.229 e. The number of nitrogens with zero attached hydrogens (tertiary/aromatic N) is 2. The highest BCUT2D eigenvalue weighted by atomic mass is 32.1. The highest BCUT2D eigenvalue weighted by molar-refractivity contribution is 7.10. The van der Waals surface area contributed by atoms with Gasteiger partial charge in [-0.1, -0.05) is 6.07 Å². The summed E-state index contributed by atoms with van der Waals surface area (Å²) in [5.74, 6) is 0.850. The van der Waals surface area contributed by atoms with Crippen LogP contribution < -0.4 is 10.2 Å². The van der Waals surface area contributed by atoms with Crippen molar-refractivity contribution in [1.82, 2.24) is 4.98 Å². The summed E-state index contributed by atoms with van der Waals surface area (Å²) in [6.45, 7) is 0. The highest BCUT2D eigenvalue weighted by Crippen LogP contribution is 2.13. The van der Waals surface area contributed by atoms with Crippen LogP contribution in [0.3, 0.4) is 0 Å². The summed E-state index contributed by atoms with van der Waals surface area (Å²) in [4.78, 5) is 19.0. The van der Waals surface area contributed by atoms with Crippen molar-refractivity contribution in [3.8, 4) is 0 Å². The number of hydrogen-bond acceptors (Lipinski definition) is 4. The molecule has 0 saturated carbocycles. The SMILES string of the molecule is CN(C)c1ccc(NC(=O)Cc2cccs2)cn1.